The Labute approximate surface area is 230 Å². The van der Waals surface area contributed by atoms with Crippen LogP contribution in [0.2, 0.25) is 0 Å². The summed E-state index contributed by atoms with van der Waals surface area (Å²) in [4.78, 5) is 5.18. The number of hydrogen-bond acceptors (Lipinski definition) is 3. The number of pyridine rings is 1. The lowest BCUT2D eigenvalue weighted by Crippen LogP contribution is -2.14. The maximum Gasteiger partial charge on any atom is 0.416 e. The first kappa shape index (κ1) is 29.6. The van der Waals surface area contributed by atoms with Gasteiger partial charge in [-0.15, -0.1) is 10.3 Å². The molecule has 0 N–H and O–H groups in total. The monoisotopic (exact) mass is 563 g/mol. The molecule has 2 aromatic carbocycles. The number of alkyl halides is 3. The first-order valence-corrected chi connectivity index (χ1v) is 16.1. The third kappa shape index (κ3) is 7.62. The van der Waals surface area contributed by atoms with Crippen molar-refractivity contribution in [2.24, 2.45) is 0 Å². The van der Waals surface area contributed by atoms with E-state index >= 15 is 0 Å². The summed E-state index contributed by atoms with van der Waals surface area (Å²) in [6, 6.07) is 11.7. The highest BCUT2D eigenvalue weighted by Crippen LogP contribution is 2.43. The molecule has 3 nitrogen and oxygen atoms in total. The van der Waals surface area contributed by atoms with Crippen molar-refractivity contribution in [3.05, 3.63) is 88.0 Å². The molecule has 0 radical (unpaired) electrons. The van der Waals surface area contributed by atoms with E-state index in [1.54, 1.807) is 18.2 Å². The molecule has 0 saturated heterocycles. The predicted molar refractivity (Wildman–Crippen MR) is 150 cm³/mol. The topological polar surface area (TPSA) is 31.4 Å². The van der Waals surface area contributed by atoms with Crippen molar-refractivity contribution in [1.82, 2.24) is 4.98 Å². The summed E-state index contributed by atoms with van der Waals surface area (Å²) < 4.78 is 66.1. The fourth-order valence-electron chi connectivity index (χ4n) is 5.17. The van der Waals surface area contributed by atoms with Gasteiger partial charge in [-0.2, -0.15) is 13.2 Å². The van der Waals surface area contributed by atoms with Gasteiger partial charge in [0.15, 0.2) is 0 Å². The Kier molecular flexibility index (Phi) is 9.40. The van der Waals surface area contributed by atoms with Gasteiger partial charge in [0, 0.05) is 28.4 Å². The number of hydrogen-bond donors (Lipinski definition) is 0. The van der Waals surface area contributed by atoms with E-state index in [0.29, 0.717) is 12.2 Å². The first-order valence-electron chi connectivity index (χ1n) is 13.3. The molecule has 0 amide bonds. The van der Waals surface area contributed by atoms with Crippen molar-refractivity contribution in [3.8, 4) is 11.1 Å². The third-order valence-electron chi connectivity index (χ3n) is 7.05. The van der Waals surface area contributed by atoms with Crippen LogP contribution < -0.4 is 0 Å². The minimum Gasteiger partial charge on any atom is -0.372 e. The fourth-order valence-corrected chi connectivity index (χ4v) is 5.65. The van der Waals surface area contributed by atoms with E-state index in [4.69, 9.17) is 13.9 Å². The SMILES string of the molecule is CCc1nc(C2CCCC2)c(COCc2cccc(C(F)(F)F)c2)c(-c2ccc(F)cc2)c1COS(C)(C)C. The maximum absolute atomic E-state index is 13.9. The molecule has 0 aliphatic heterocycles. The quantitative estimate of drug-likeness (QED) is 0.231. The molecule has 0 spiro atoms. The summed E-state index contributed by atoms with van der Waals surface area (Å²) in [5.74, 6) is -0.0383. The van der Waals surface area contributed by atoms with Crippen LogP contribution in [0.1, 0.15) is 72.2 Å². The first-order chi connectivity index (χ1) is 18.5. The van der Waals surface area contributed by atoms with Crippen molar-refractivity contribution < 1.29 is 26.5 Å². The van der Waals surface area contributed by atoms with Crippen LogP contribution in [0.4, 0.5) is 17.6 Å². The average molecular weight is 564 g/mol. The number of halogens is 4. The maximum atomic E-state index is 13.9. The number of benzene rings is 2. The Morgan fingerprint density at radius 3 is 2.23 bits per heavy atom. The van der Waals surface area contributed by atoms with Crippen molar-refractivity contribution >= 4 is 10.3 Å². The molecule has 3 aromatic rings. The predicted octanol–water partition coefficient (Wildman–Crippen LogP) is 8.97. The van der Waals surface area contributed by atoms with Crippen molar-refractivity contribution in [2.45, 2.75) is 70.9 Å². The fraction of sp³-hybridized carbons (Fsp3) is 0.452. The zero-order valence-electron chi connectivity index (χ0n) is 23.0. The Morgan fingerprint density at radius 1 is 0.923 bits per heavy atom. The van der Waals surface area contributed by atoms with Gasteiger partial charge < -0.3 is 8.92 Å². The Hall–Kier alpha value is -2.42. The highest BCUT2D eigenvalue weighted by atomic mass is 32.3. The summed E-state index contributed by atoms with van der Waals surface area (Å²) in [6.45, 7) is 2.66. The Bertz CT molecular complexity index is 1260. The summed E-state index contributed by atoms with van der Waals surface area (Å²) in [5.41, 5.74) is 5.38. The summed E-state index contributed by atoms with van der Waals surface area (Å²) in [5, 5.41) is 0. The van der Waals surface area contributed by atoms with Crippen molar-refractivity contribution in [3.63, 3.8) is 0 Å². The largest absolute Gasteiger partial charge is 0.416 e. The lowest BCUT2D eigenvalue weighted by molar-refractivity contribution is -0.137. The number of aromatic nitrogens is 1. The van der Waals surface area contributed by atoms with E-state index < -0.39 is 22.0 Å². The molecule has 4 rings (SSSR count). The summed E-state index contributed by atoms with van der Waals surface area (Å²) in [6.07, 6.45) is 6.86. The number of rotatable bonds is 10. The van der Waals surface area contributed by atoms with Gasteiger partial charge in [0.1, 0.15) is 5.82 Å². The Balaban J connectivity index is 1.79. The van der Waals surface area contributed by atoms with Gasteiger partial charge in [0.05, 0.1) is 25.4 Å². The van der Waals surface area contributed by atoms with Crippen molar-refractivity contribution in [2.75, 3.05) is 18.8 Å². The lowest BCUT2D eigenvalue weighted by atomic mass is 9.88. The van der Waals surface area contributed by atoms with Crippen LogP contribution in [0.5, 0.6) is 0 Å². The van der Waals surface area contributed by atoms with Crippen LogP contribution in [-0.2, 0) is 41.3 Å². The molecule has 212 valence electrons. The van der Waals surface area contributed by atoms with Crippen LogP contribution >= 0.6 is 10.3 Å². The molecule has 0 atom stereocenters. The van der Waals surface area contributed by atoms with Crippen LogP contribution in [0.25, 0.3) is 11.1 Å². The second-order valence-corrected chi connectivity index (χ2v) is 14.5. The Morgan fingerprint density at radius 2 is 1.62 bits per heavy atom. The van der Waals surface area contributed by atoms with E-state index in [1.165, 1.54) is 18.2 Å². The molecule has 1 aliphatic rings. The van der Waals surface area contributed by atoms with Gasteiger partial charge in [-0.05, 0) is 79.0 Å². The van der Waals surface area contributed by atoms with E-state index in [2.05, 4.69) is 25.7 Å². The third-order valence-corrected chi connectivity index (χ3v) is 7.88. The summed E-state index contributed by atoms with van der Waals surface area (Å²) in [7, 11) is -1.27. The van der Waals surface area contributed by atoms with Crippen molar-refractivity contribution in [1.29, 1.82) is 0 Å². The van der Waals surface area contributed by atoms with E-state index in [1.807, 2.05) is 0 Å². The van der Waals surface area contributed by atoms with Gasteiger partial charge in [0.25, 0.3) is 0 Å². The van der Waals surface area contributed by atoms with Crippen LogP contribution in [0, 0.1) is 5.82 Å². The molecule has 1 heterocycles. The smallest absolute Gasteiger partial charge is 0.372 e. The number of aryl methyl sites for hydroxylation is 1. The van der Waals surface area contributed by atoms with Gasteiger partial charge in [-0.3, -0.25) is 4.98 Å². The molecule has 8 heteroatoms. The van der Waals surface area contributed by atoms with Crippen LogP contribution in [0.3, 0.4) is 0 Å². The second kappa shape index (κ2) is 12.4. The number of nitrogens with zero attached hydrogens (tertiary/aromatic N) is 1. The average Bonchev–Trinajstić information content (AvgIpc) is 3.42. The molecular weight excluding hydrogens is 526 g/mol. The van der Waals surface area contributed by atoms with Gasteiger partial charge in [0.2, 0.25) is 0 Å². The molecule has 39 heavy (non-hydrogen) atoms. The van der Waals surface area contributed by atoms with Gasteiger partial charge in [-0.1, -0.05) is 44.0 Å². The molecule has 0 unspecified atom stereocenters. The van der Waals surface area contributed by atoms with Crippen LogP contribution in [-0.4, -0.2) is 23.8 Å². The molecule has 1 aromatic heterocycles. The van der Waals surface area contributed by atoms with Gasteiger partial charge >= 0.3 is 6.18 Å². The molecule has 1 aliphatic carbocycles. The zero-order valence-corrected chi connectivity index (χ0v) is 23.9. The highest BCUT2D eigenvalue weighted by molar-refractivity contribution is 8.28. The normalized spacial score (nSPS) is 15.2. The van der Waals surface area contributed by atoms with Gasteiger partial charge in [-0.25, -0.2) is 4.39 Å². The molecule has 1 saturated carbocycles. The lowest BCUT2D eigenvalue weighted by Gasteiger charge is -2.29. The summed E-state index contributed by atoms with van der Waals surface area (Å²) >= 11 is 0. The standard InChI is InChI=1S/C31H37F4NO2S/c1-5-28-26(20-38-39(2,3)4)29(22-13-15-25(32)16-14-22)27(30(36-28)23-10-6-7-11-23)19-37-18-21-9-8-12-24(17-21)31(33,34)35/h8-9,12-17,23H,5-7,10-11,18-20H2,1-4H3. The zero-order chi connectivity index (χ0) is 28.2. The minimum atomic E-state index is -4.41. The van der Waals surface area contributed by atoms with E-state index in [0.717, 1.165) is 77.9 Å². The van der Waals surface area contributed by atoms with E-state index in [-0.39, 0.29) is 24.9 Å². The molecule has 1 fully saturated rings. The molecule has 0 bridgehead atoms. The minimum absolute atomic E-state index is 0.0321. The second-order valence-electron chi connectivity index (χ2n) is 10.8. The van der Waals surface area contributed by atoms with E-state index in [9.17, 15) is 17.6 Å². The van der Waals surface area contributed by atoms with Crippen LogP contribution in [0.15, 0.2) is 48.5 Å². The number of ether oxygens (including phenoxy) is 1. The molecular formula is C31H37F4NO2S. The highest BCUT2D eigenvalue weighted by Gasteiger charge is 2.31.